The van der Waals surface area contributed by atoms with Crippen LogP contribution in [0.25, 0.3) is 0 Å². The summed E-state index contributed by atoms with van der Waals surface area (Å²) in [5, 5.41) is 3.43. The maximum Gasteiger partial charge on any atom is 0.124 e. The molecule has 1 N–H and O–H groups in total. The first-order valence-corrected chi connectivity index (χ1v) is 7.94. The molecule has 0 amide bonds. The van der Waals surface area contributed by atoms with Crippen molar-refractivity contribution in [2.45, 2.75) is 33.2 Å². The van der Waals surface area contributed by atoms with E-state index in [9.17, 15) is 0 Å². The lowest BCUT2D eigenvalue weighted by Gasteiger charge is -2.17. The molecule has 0 fully saturated rings. The smallest absolute Gasteiger partial charge is 0.124 e. The molecule has 1 aromatic carbocycles. The van der Waals surface area contributed by atoms with E-state index in [4.69, 9.17) is 4.74 Å². The minimum absolute atomic E-state index is 0.307. The Morgan fingerprint density at radius 1 is 1.35 bits per heavy atom. The van der Waals surface area contributed by atoms with E-state index in [0.717, 1.165) is 24.4 Å². The van der Waals surface area contributed by atoms with Crippen molar-refractivity contribution in [1.29, 1.82) is 0 Å². The number of rotatable bonds is 7. The molecule has 0 aliphatic carbocycles. The highest BCUT2D eigenvalue weighted by Gasteiger charge is 2.10. The highest BCUT2D eigenvalue weighted by molar-refractivity contribution is 7.09. The first-order valence-electron chi connectivity index (χ1n) is 7.06. The van der Waals surface area contributed by atoms with Gasteiger partial charge in [-0.3, -0.25) is 0 Å². The zero-order valence-corrected chi connectivity index (χ0v) is 13.2. The number of nitrogens with zero attached hydrogens (tertiary/aromatic N) is 1. The largest absolute Gasteiger partial charge is 0.493 e. The van der Waals surface area contributed by atoms with E-state index in [1.54, 1.807) is 11.3 Å². The molecule has 3 nitrogen and oxygen atoms in total. The van der Waals surface area contributed by atoms with E-state index in [1.165, 1.54) is 10.4 Å². The van der Waals surface area contributed by atoms with Gasteiger partial charge < -0.3 is 10.1 Å². The molecule has 20 heavy (non-hydrogen) atoms. The Morgan fingerprint density at radius 2 is 2.15 bits per heavy atom. The van der Waals surface area contributed by atoms with Crippen LogP contribution in [-0.4, -0.2) is 18.1 Å². The van der Waals surface area contributed by atoms with E-state index < -0.39 is 0 Å². The predicted molar refractivity (Wildman–Crippen MR) is 84.6 cm³/mol. The van der Waals surface area contributed by atoms with Gasteiger partial charge in [-0.2, -0.15) is 0 Å². The number of benzene rings is 1. The second kappa shape index (κ2) is 7.41. The van der Waals surface area contributed by atoms with Gasteiger partial charge in [0.25, 0.3) is 0 Å². The molecule has 0 radical (unpaired) electrons. The van der Waals surface area contributed by atoms with Crippen LogP contribution in [0.1, 0.15) is 36.0 Å². The molecular formula is C16H22N2OS. The second-order valence-electron chi connectivity index (χ2n) is 4.78. The Bertz CT molecular complexity index is 539. The lowest BCUT2D eigenvalue weighted by atomic mass is 10.1. The third-order valence-corrected chi connectivity index (χ3v) is 4.32. The summed E-state index contributed by atoms with van der Waals surface area (Å²) >= 11 is 1.70. The summed E-state index contributed by atoms with van der Waals surface area (Å²) in [6.45, 7) is 7.98. The van der Waals surface area contributed by atoms with Gasteiger partial charge in [-0.1, -0.05) is 25.1 Å². The highest BCUT2D eigenvalue weighted by Crippen LogP contribution is 2.25. The summed E-state index contributed by atoms with van der Waals surface area (Å²) in [5.41, 5.74) is 4.23. The topological polar surface area (TPSA) is 34.1 Å². The van der Waals surface area contributed by atoms with Crippen LogP contribution in [0.2, 0.25) is 0 Å². The summed E-state index contributed by atoms with van der Waals surface area (Å²) in [7, 11) is 0. The molecule has 1 heterocycles. The number of hydrogen-bond acceptors (Lipinski definition) is 4. The monoisotopic (exact) mass is 290 g/mol. The van der Waals surface area contributed by atoms with Crippen LogP contribution in [0.4, 0.5) is 0 Å². The number of aromatic nitrogens is 1. The van der Waals surface area contributed by atoms with Gasteiger partial charge in [0, 0.05) is 22.9 Å². The van der Waals surface area contributed by atoms with E-state index in [-0.39, 0.29) is 0 Å². The standard InChI is InChI=1S/C16H22N2OS/c1-4-17-12(2)14-7-5-6-8-15(14)19-10-9-16-13(3)18-11-20-16/h5-8,11-12,17H,4,9-10H2,1-3H3. The van der Waals surface area contributed by atoms with E-state index in [1.807, 2.05) is 24.6 Å². The molecule has 0 aliphatic heterocycles. The van der Waals surface area contributed by atoms with Crippen molar-refractivity contribution in [3.63, 3.8) is 0 Å². The van der Waals surface area contributed by atoms with Crippen LogP contribution in [0.3, 0.4) is 0 Å². The van der Waals surface area contributed by atoms with Gasteiger partial charge >= 0.3 is 0 Å². The molecule has 0 bridgehead atoms. The van der Waals surface area contributed by atoms with Crippen LogP contribution in [0, 0.1) is 6.92 Å². The van der Waals surface area contributed by atoms with Crippen molar-refractivity contribution in [3.05, 3.63) is 45.9 Å². The highest BCUT2D eigenvalue weighted by atomic mass is 32.1. The SMILES string of the molecule is CCNC(C)c1ccccc1OCCc1scnc1C. The molecule has 108 valence electrons. The van der Waals surface area contributed by atoms with Crippen molar-refractivity contribution >= 4 is 11.3 Å². The van der Waals surface area contributed by atoms with E-state index in [0.29, 0.717) is 12.6 Å². The predicted octanol–water partition coefficient (Wildman–Crippen LogP) is 3.74. The van der Waals surface area contributed by atoms with Crippen LogP contribution < -0.4 is 10.1 Å². The number of thiazole rings is 1. The normalized spacial score (nSPS) is 12.3. The first-order chi connectivity index (χ1) is 9.72. The van der Waals surface area contributed by atoms with Crippen LogP contribution in [0.5, 0.6) is 5.75 Å². The van der Waals surface area contributed by atoms with Crippen LogP contribution in [-0.2, 0) is 6.42 Å². The van der Waals surface area contributed by atoms with Crippen LogP contribution >= 0.6 is 11.3 Å². The van der Waals surface area contributed by atoms with Gasteiger partial charge in [0.1, 0.15) is 5.75 Å². The molecule has 1 unspecified atom stereocenters. The fourth-order valence-corrected chi connectivity index (χ4v) is 2.97. The third-order valence-electron chi connectivity index (χ3n) is 3.33. The maximum absolute atomic E-state index is 5.97. The van der Waals surface area contributed by atoms with Gasteiger partial charge in [-0.05, 0) is 26.5 Å². The number of aryl methyl sites for hydroxylation is 1. The van der Waals surface area contributed by atoms with E-state index in [2.05, 4.69) is 36.3 Å². The zero-order chi connectivity index (χ0) is 14.4. The minimum Gasteiger partial charge on any atom is -0.493 e. The molecule has 0 aliphatic rings. The Morgan fingerprint density at radius 3 is 2.85 bits per heavy atom. The molecule has 0 spiro atoms. The van der Waals surface area contributed by atoms with Gasteiger partial charge in [0.2, 0.25) is 0 Å². The van der Waals surface area contributed by atoms with Crippen molar-refractivity contribution in [2.24, 2.45) is 0 Å². The quantitative estimate of drug-likeness (QED) is 0.843. The number of ether oxygens (including phenoxy) is 1. The van der Waals surface area contributed by atoms with Crippen molar-refractivity contribution in [1.82, 2.24) is 10.3 Å². The fourth-order valence-electron chi connectivity index (χ4n) is 2.21. The molecule has 1 atom stereocenters. The number of para-hydroxylation sites is 1. The Balaban J connectivity index is 1.97. The fraction of sp³-hybridized carbons (Fsp3) is 0.438. The van der Waals surface area contributed by atoms with Gasteiger partial charge in [0.15, 0.2) is 0 Å². The summed E-state index contributed by atoms with van der Waals surface area (Å²) in [6.07, 6.45) is 0.917. The number of nitrogens with one attached hydrogen (secondary N) is 1. The van der Waals surface area contributed by atoms with Crippen molar-refractivity contribution < 1.29 is 4.74 Å². The Labute approximate surface area is 125 Å². The first kappa shape index (κ1) is 15.0. The van der Waals surface area contributed by atoms with Crippen LogP contribution in [0.15, 0.2) is 29.8 Å². The summed E-state index contributed by atoms with van der Waals surface area (Å²) in [4.78, 5) is 5.57. The molecule has 0 saturated carbocycles. The maximum atomic E-state index is 5.97. The van der Waals surface area contributed by atoms with Gasteiger partial charge in [-0.25, -0.2) is 4.98 Å². The van der Waals surface area contributed by atoms with Crippen molar-refractivity contribution in [2.75, 3.05) is 13.2 Å². The molecule has 1 aromatic heterocycles. The Kier molecular flexibility index (Phi) is 5.56. The Hall–Kier alpha value is -1.39. The third kappa shape index (κ3) is 3.81. The zero-order valence-electron chi connectivity index (χ0n) is 12.3. The lowest BCUT2D eigenvalue weighted by molar-refractivity contribution is 0.316. The average molecular weight is 290 g/mol. The number of hydrogen-bond donors (Lipinski definition) is 1. The summed E-state index contributed by atoms with van der Waals surface area (Å²) < 4.78 is 5.97. The molecule has 4 heteroatoms. The summed E-state index contributed by atoms with van der Waals surface area (Å²) in [5.74, 6) is 0.975. The molecular weight excluding hydrogens is 268 g/mol. The lowest BCUT2D eigenvalue weighted by Crippen LogP contribution is -2.18. The molecule has 0 saturated heterocycles. The van der Waals surface area contributed by atoms with E-state index >= 15 is 0 Å². The average Bonchev–Trinajstić information content (AvgIpc) is 2.85. The second-order valence-corrected chi connectivity index (χ2v) is 5.72. The van der Waals surface area contributed by atoms with Gasteiger partial charge in [0.05, 0.1) is 17.8 Å². The minimum atomic E-state index is 0.307. The van der Waals surface area contributed by atoms with Crippen molar-refractivity contribution in [3.8, 4) is 5.75 Å². The molecule has 2 aromatic rings. The summed E-state index contributed by atoms with van der Waals surface area (Å²) in [6, 6.07) is 8.56. The van der Waals surface area contributed by atoms with Gasteiger partial charge in [-0.15, -0.1) is 11.3 Å². The molecule has 2 rings (SSSR count).